The minimum Gasteiger partial charge on any atom is -0.300 e. The van der Waals surface area contributed by atoms with Crippen molar-refractivity contribution < 1.29 is 4.79 Å². The number of ketones is 1. The van der Waals surface area contributed by atoms with Crippen molar-refractivity contribution in [1.29, 1.82) is 0 Å². The molecule has 2 nitrogen and oxygen atoms in total. The molecule has 1 rings (SSSR count). The van der Waals surface area contributed by atoms with Gasteiger partial charge < -0.3 is 0 Å². The van der Waals surface area contributed by atoms with Crippen molar-refractivity contribution in [3.8, 4) is 0 Å². The van der Waals surface area contributed by atoms with E-state index in [1.807, 2.05) is 0 Å². The zero-order chi connectivity index (χ0) is 10.7. The fraction of sp³-hybridized carbons (Fsp3) is 0.917. The molecule has 1 aliphatic rings. The van der Waals surface area contributed by atoms with E-state index in [4.69, 9.17) is 0 Å². The number of carbonyl (C=O) groups excluding carboxylic acids is 1. The number of hydrogen-bond acceptors (Lipinski definition) is 2. The van der Waals surface area contributed by atoms with Crippen molar-refractivity contribution in [3.05, 3.63) is 0 Å². The van der Waals surface area contributed by atoms with Crippen LogP contribution in [0.2, 0.25) is 0 Å². The van der Waals surface area contributed by atoms with Crippen LogP contribution in [-0.2, 0) is 4.79 Å². The van der Waals surface area contributed by atoms with E-state index in [2.05, 4.69) is 32.6 Å². The largest absolute Gasteiger partial charge is 0.300 e. The Hall–Kier alpha value is -0.370. The molecule has 1 saturated heterocycles. The molecular weight excluding hydrogens is 174 g/mol. The number of hydrogen-bond donors (Lipinski definition) is 0. The Labute approximate surface area is 87.7 Å². The summed E-state index contributed by atoms with van der Waals surface area (Å²) in [6.45, 7) is 9.95. The van der Waals surface area contributed by atoms with Crippen LogP contribution in [0.5, 0.6) is 0 Å². The number of carbonyl (C=O) groups is 1. The summed E-state index contributed by atoms with van der Waals surface area (Å²) in [4.78, 5) is 13.7. The van der Waals surface area contributed by atoms with E-state index < -0.39 is 0 Å². The van der Waals surface area contributed by atoms with E-state index >= 15 is 0 Å². The van der Waals surface area contributed by atoms with Gasteiger partial charge in [0.25, 0.3) is 0 Å². The van der Waals surface area contributed by atoms with Crippen LogP contribution in [0.4, 0.5) is 0 Å². The van der Waals surface area contributed by atoms with Gasteiger partial charge in [0.05, 0.1) is 0 Å². The summed E-state index contributed by atoms with van der Waals surface area (Å²) >= 11 is 0. The van der Waals surface area contributed by atoms with Crippen LogP contribution >= 0.6 is 0 Å². The molecule has 82 valence electrons. The van der Waals surface area contributed by atoms with E-state index in [0.29, 0.717) is 17.9 Å². The molecule has 1 heterocycles. The highest BCUT2D eigenvalue weighted by atomic mass is 16.1. The van der Waals surface area contributed by atoms with Gasteiger partial charge in [-0.25, -0.2) is 0 Å². The third kappa shape index (κ3) is 3.09. The molecule has 0 spiro atoms. The predicted molar refractivity (Wildman–Crippen MR) is 59.3 cm³/mol. The van der Waals surface area contributed by atoms with Gasteiger partial charge in [-0.2, -0.15) is 0 Å². The van der Waals surface area contributed by atoms with Gasteiger partial charge in [0.1, 0.15) is 5.78 Å². The van der Waals surface area contributed by atoms with Crippen LogP contribution in [-0.4, -0.2) is 29.3 Å². The first-order chi connectivity index (χ1) is 6.50. The van der Waals surface area contributed by atoms with Crippen LogP contribution < -0.4 is 0 Å². The van der Waals surface area contributed by atoms with Crippen molar-refractivity contribution >= 4 is 5.78 Å². The Bertz CT molecular complexity index is 200. The molecule has 0 saturated carbocycles. The highest BCUT2D eigenvalue weighted by Crippen LogP contribution is 2.20. The van der Waals surface area contributed by atoms with E-state index in [-0.39, 0.29) is 0 Å². The van der Waals surface area contributed by atoms with Gasteiger partial charge in [0, 0.05) is 31.5 Å². The number of piperidine rings is 1. The molecular formula is C12H23NO. The molecule has 0 aromatic heterocycles. The van der Waals surface area contributed by atoms with Gasteiger partial charge in [-0.15, -0.1) is 0 Å². The van der Waals surface area contributed by atoms with Gasteiger partial charge in [0.2, 0.25) is 0 Å². The zero-order valence-electron chi connectivity index (χ0n) is 9.92. The standard InChI is InChI=1S/C12H23NO/c1-9(2)7-10(3)13-6-5-12(14)8-11(13)4/h9-11H,5-8H2,1-4H3. The second-order valence-corrected chi connectivity index (χ2v) is 5.06. The minimum atomic E-state index is 0.436. The second-order valence-electron chi connectivity index (χ2n) is 5.06. The van der Waals surface area contributed by atoms with E-state index in [9.17, 15) is 4.79 Å². The fourth-order valence-corrected chi connectivity index (χ4v) is 2.50. The molecule has 1 aliphatic heterocycles. The van der Waals surface area contributed by atoms with E-state index in [1.165, 1.54) is 6.42 Å². The first-order valence-corrected chi connectivity index (χ1v) is 5.78. The average Bonchev–Trinajstić information content (AvgIpc) is 2.01. The Balaban J connectivity index is 2.46. The van der Waals surface area contributed by atoms with Crippen molar-refractivity contribution in [2.45, 2.75) is 59.0 Å². The lowest BCUT2D eigenvalue weighted by Gasteiger charge is -2.38. The van der Waals surface area contributed by atoms with Crippen LogP contribution in [0, 0.1) is 5.92 Å². The average molecular weight is 197 g/mol. The van der Waals surface area contributed by atoms with E-state index in [1.54, 1.807) is 0 Å². The molecule has 0 aromatic rings. The second kappa shape index (κ2) is 4.92. The minimum absolute atomic E-state index is 0.436. The maximum atomic E-state index is 11.2. The Morgan fingerprint density at radius 3 is 2.57 bits per heavy atom. The molecule has 0 radical (unpaired) electrons. The summed E-state index contributed by atoms with van der Waals surface area (Å²) in [5.41, 5.74) is 0. The quantitative estimate of drug-likeness (QED) is 0.692. The van der Waals surface area contributed by atoms with Gasteiger partial charge in [-0.3, -0.25) is 9.69 Å². The monoisotopic (exact) mass is 197 g/mol. The summed E-state index contributed by atoms with van der Waals surface area (Å²) in [5.74, 6) is 1.18. The molecule has 0 amide bonds. The third-order valence-electron chi connectivity index (χ3n) is 3.12. The molecule has 0 aliphatic carbocycles. The molecule has 0 aromatic carbocycles. The zero-order valence-corrected chi connectivity index (χ0v) is 9.92. The van der Waals surface area contributed by atoms with E-state index in [0.717, 1.165) is 25.3 Å². The number of rotatable bonds is 3. The van der Waals surface area contributed by atoms with Crippen molar-refractivity contribution in [1.82, 2.24) is 4.90 Å². The third-order valence-corrected chi connectivity index (χ3v) is 3.12. The molecule has 2 heteroatoms. The predicted octanol–water partition coefficient (Wildman–Crippen LogP) is 2.47. The highest BCUT2D eigenvalue weighted by molar-refractivity contribution is 5.79. The topological polar surface area (TPSA) is 20.3 Å². The Morgan fingerprint density at radius 2 is 2.07 bits per heavy atom. The number of nitrogens with zero attached hydrogens (tertiary/aromatic N) is 1. The maximum Gasteiger partial charge on any atom is 0.135 e. The van der Waals surface area contributed by atoms with Crippen LogP contribution in [0.15, 0.2) is 0 Å². The lowest BCUT2D eigenvalue weighted by Crippen LogP contribution is -2.46. The van der Waals surface area contributed by atoms with Crippen LogP contribution in [0.25, 0.3) is 0 Å². The Morgan fingerprint density at radius 1 is 1.43 bits per heavy atom. The van der Waals surface area contributed by atoms with Gasteiger partial charge in [-0.1, -0.05) is 13.8 Å². The summed E-state index contributed by atoms with van der Waals surface area (Å²) in [6.07, 6.45) is 2.74. The Kier molecular flexibility index (Phi) is 4.11. The summed E-state index contributed by atoms with van der Waals surface area (Å²) < 4.78 is 0. The first kappa shape index (κ1) is 11.7. The van der Waals surface area contributed by atoms with Crippen LogP contribution in [0.3, 0.4) is 0 Å². The summed E-state index contributed by atoms with van der Waals surface area (Å²) in [6, 6.07) is 1.07. The maximum absolute atomic E-state index is 11.2. The van der Waals surface area contributed by atoms with Gasteiger partial charge in [0.15, 0.2) is 0 Å². The van der Waals surface area contributed by atoms with Crippen LogP contribution in [0.1, 0.15) is 47.0 Å². The summed E-state index contributed by atoms with van der Waals surface area (Å²) in [7, 11) is 0. The van der Waals surface area contributed by atoms with Crippen molar-refractivity contribution in [3.63, 3.8) is 0 Å². The fourth-order valence-electron chi connectivity index (χ4n) is 2.50. The molecule has 2 unspecified atom stereocenters. The number of Topliss-reactive ketones (excluding diaryl/α,β-unsaturated/α-hetero) is 1. The lowest BCUT2D eigenvalue weighted by atomic mass is 9.96. The molecule has 0 N–H and O–H groups in total. The van der Waals surface area contributed by atoms with Crippen molar-refractivity contribution in [2.24, 2.45) is 5.92 Å². The van der Waals surface area contributed by atoms with Crippen molar-refractivity contribution in [2.75, 3.05) is 6.54 Å². The summed E-state index contributed by atoms with van der Waals surface area (Å²) in [5, 5.41) is 0. The molecule has 2 atom stereocenters. The first-order valence-electron chi connectivity index (χ1n) is 5.78. The molecule has 1 fully saturated rings. The van der Waals surface area contributed by atoms with Gasteiger partial charge in [-0.05, 0) is 26.2 Å². The molecule has 14 heavy (non-hydrogen) atoms. The normalized spacial score (nSPS) is 26.9. The lowest BCUT2D eigenvalue weighted by molar-refractivity contribution is -0.123. The van der Waals surface area contributed by atoms with Gasteiger partial charge >= 0.3 is 0 Å². The molecule has 0 bridgehead atoms. The SMILES string of the molecule is CC(C)CC(C)N1CCC(=O)CC1C. The number of likely N-dealkylation sites (tertiary alicyclic amines) is 1. The smallest absolute Gasteiger partial charge is 0.135 e. The highest BCUT2D eigenvalue weighted by Gasteiger charge is 2.27.